The van der Waals surface area contributed by atoms with Gasteiger partial charge in [-0.1, -0.05) is 49.0 Å². The Hall–Kier alpha value is -2.08. The molecule has 0 spiro atoms. The lowest BCUT2D eigenvalue weighted by Gasteiger charge is -1.98. The summed E-state index contributed by atoms with van der Waals surface area (Å²) in [5, 5.41) is 8.87. The molecule has 0 saturated carbocycles. The summed E-state index contributed by atoms with van der Waals surface area (Å²) < 4.78 is 5.50. The molecule has 114 valence electrons. The van der Waals surface area contributed by atoms with Crippen LogP contribution in [0.1, 0.15) is 35.7 Å². The van der Waals surface area contributed by atoms with E-state index in [4.69, 9.17) is 4.42 Å². The number of thioether (sulfide) groups is 1. The third-order valence-corrected chi connectivity index (χ3v) is 4.18. The summed E-state index contributed by atoms with van der Waals surface area (Å²) >= 11 is 1.58. The van der Waals surface area contributed by atoms with Crippen LogP contribution in [-0.4, -0.2) is 20.2 Å². The van der Waals surface area contributed by atoms with Crippen LogP contribution in [0.5, 0.6) is 0 Å². The summed E-state index contributed by atoms with van der Waals surface area (Å²) in [6, 6.07) is 10.4. The molecule has 0 bridgehead atoms. The van der Waals surface area contributed by atoms with E-state index in [1.165, 1.54) is 5.56 Å². The second-order valence-corrected chi connectivity index (χ2v) is 5.97. The topological polar surface area (TPSA) is 67.6 Å². The molecule has 0 aliphatic rings. The van der Waals surface area contributed by atoms with Crippen LogP contribution in [0.4, 0.5) is 0 Å². The number of aryl methyl sites for hydroxylation is 2. The zero-order chi connectivity index (χ0) is 15.4. The Morgan fingerprint density at radius 2 is 1.91 bits per heavy atom. The summed E-state index contributed by atoms with van der Waals surface area (Å²) in [7, 11) is 0. The minimum atomic E-state index is 0.630. The SMILES string of the molecule is CCc1nnc(CSc2nc(Cc3ccccc3)c(C)[nH]2)o1. The molecule has 1 aromatic carbocycles. The first-order valence-electron chi connectivity index (χ1n) is 7.28. The highest BCUT2D eigenvalue weighted by atomic mass is 32.2. The highest BCUT2D eigenvalue weighted by Crippen LogP contribution is 2.22. The van der Waals surface area contributed by atoms with Crippen molar-refractivity contribution in [2.75, 3.05) is 0 Å². The molecule has 0 unspecified atom stereocenters. The molecule has 0 saturated heterocycles. The first kappa shape index (κ1) is 14.8. The van der Waals surface area contributed by atoms with E-state index in [1.807, 2.05) is 25.1 Å². The molecule has 3 rings (SSSR count). The third-order valence-electron chi connectivity index (χ3n) is 3.32. The number of imidazole rings is 1. The van der Waals surface area contributed by atoms with Gasteiger partial charge in [-0.25, -0.2) is 4.98 Å². The number of aromatic nitrogens is 4. The fourth-order valence-electron chi connectivity index (χ4n) is 2.12. The maximum Gasteiger partial charge on any atom is 0.226 e. The van der Waals surface area contributed by atoms with Crippen molar-refractivity contribution in [2.24, 2.45) is 0 Å². The Bertz CT molecular complexity index is 736. The molecule has 0 radical (unpaired) electrons. The zero-order valence-corrected chi connectivity index (χ0v) is 13.5. The van der Waals surface area contributed by atoms with Gasteiger partial charge in [0.05, 0.1) is 11.4 Å². The van der Waals surface area contributed by atoms with Crippen molar-refractivity contribution in [1.29, 1.82) is 0 Å². The van der Waals surface area contributed by atoms with Crippen LogP contribution in [-0.2, 0) is 18.6 Å². The van der Waals surface area contributed by atoms with E-state index in [-0.39, 0.29) is 0 Å². The number of hydrogen-bond donors (Lipinski definition) is 1. The quantitative estimate of drug-likeness (QED) is 0.705. The fraction of sp³-hybridized carbons (Fsp3) is 0.312. The molecule has 0 fully saturated rings. The standard InChI is InChI=1S/C16H18N4OS/c1-3-14-19-20-15(21-14)10-22-16-17-11(2)13(18-16)9-12-7-5-4-6-8-12/h4-8H,3,9-10H2,1-2H3,(H,17,18). The minimum absolute atomic E-state index is 0.630. The Kier molecular flexibility index (Phi) is 4.58. The van der Waals surface area contributed by atoms with Gasteiger partial charge in [0.1, 0.15) is 0 Å². The van der Waals surface area contributed by atoms with Crippen molar-refractivity contribution < 1.29 is 4.42 Å². The number of rotatable bonds is 6. The molecule has 22 heavy (non-hydrogen) atoms. The molecular weight excluding hydrogens is 296 g/mol. The van der Waals surface area contributed by atoms with E-state index in [0.29, 0.717) is 17.5 Å². The summed E-state index contributed by atoms with van der Waals surface area (Å²) in [5.41, 5.74) is 3.44. The molecule has 5 nitrogen and oxygen atoms in total. The van der Waals surface area contributed by atoms with Crippen LogP contribution < -0.4 is 0 Å². The van der Waals surface area contributed by atoms with Crippen molar-refractivity contribution >= 4 is 11.8 Å². The maximum atomic E-state index is 5.50. The van der Waals surface area contributed by atoms with Gasteiger partial charge in [0, 0.05) is 18.5 Å². The maximum absolute atomic E-state index is 5.50. The number of H-pyrrole nitrogens is 1. The van der Waals surface area contributed by atoms with Gasteiger partial charge >= 0.3 is 0 Å². The van der Waals surface area contributed by atoms with E-state index < -0.39 is 0 Å². The fourth-order valence-corrected chi connectivity index (χ4v) is 2.89. The molecule has 2 aromatic heterocycles. The van der Waals surface area contributed by atoms with Crippen molar-refractivity contribution in [3.8, 4) is 0 Å². The molecule has 2 heterocycles. The van der Waals surface area contributed by atoms with E-state index in [0.717, 1.165) is 29.4 Å². The summed E-state index contributed by atoms with van der Waals surface area (Å²) in [4.78, 5) is 7.98. The molecule has 0 atom stereocenters. The van der Waals surface area contributed by atoms with E-state index in [2.05, 4.69) is 39.2 Å². The van der Waals surface area contributed by atoms with Gasteiger partial charge in [-0.2, -0.15) is 0 Å². The van der Waals surface area contributed by atoms with Crippen molar-refractivity contribution in [3.63, 3.8) is 0 Å². The van der Waals surface area contributed by atoms with E-state index >= 15 is 0 Å². The molecule has 0 amide bonds. The molecule has 6 heteroatoms. The average molecular weight is 314 g/mol. The minimum Gasteiger partial charge on any atom is -0.424 e. The van der Waals surface area contributed by atoms with Gasteiger partial charge < -0.3 is 9.40 Å². The first-order chi connectivity index (χ1) is 10.7. The number of aromatic amines is 1. The Morgan fingerprint density at radius 3 is 2.64 bits per heavy atom. The average Bonchev–Trinajstić information content (AvgIpc) is 3.13. The van der Waals surface area contributed by atoms with E-state index in [1.54, 1.807) is 11.8 Å². The number of hydrogen-bond acceptors (Lipinski definition) is 5. The van der Waals surface area contributed by atoms with Crippen LogP contribution in [0.15, 0.2) is 39.9 Å². The van der Waals surface area contributed by atoms with Crippen LogP contribution in [0, 0.1) is 6.92 Å². The number of nitrogens with one attached hydrogen (secondary N) is 1. The second kappa shape index (κ2) is 6.79. The molecular formula is C16H18N4OS. The van der Waals surface area contributed by atoms with Gasteiger partial charge in [-0.3, -0.25) is 0 Å². The normalized spacial score (nSPS) is 11.0. The van der Waals surface area contributed by atoms with Gasteiger partial charge in [-0.15, -0.1) is 10.2 Å². The summed E-state index contributed by atoms with van der Waals surface area (Å²) in [5.74, 6) is 1.95. The summed E-state index contributed by atoms with van der Waals surface area (Å²) in [6.45, 7) is 4.05. The van der Waals surface area contributed by atoms with Crippen molar-refractivity contribution in [3.05, 3.63) is 59.1 Å². The lowest BCUT2D eigenvalue weighted by atomic mass is 10.1. The zero-order valence-electron chi connectivity index (χ0n) is 12.7. The van der Waals surface area contributed by atoms with Crippen LogP contribution in [0.2, 0.25) is 0 Å². The third kappa shape index (κ3) is 3.57. The lowest BCUT2D eigenvalue weighted by Crippen LogP contribution is -1.90. The molecule has 1 N–H and O–H groups in total. The molecule has 0 aliphatic carbocycles. The van der Waals surface area contributed by atoms with Crippen molar-refractivity contribution in [1.82, 2.24) is 20.2 Å². The number of benzene rings is 1. The van der Waals surface area contributed by atoms with Gasteiger partial charge in [0.25, 0.3) is 0 Å². The molecule has 0 aliphatic heterocycles. The van der Waals surface area contributed by atoms with Crippen molar-refractivity contribution in [2.45, 2.75) is 37.6 Å². The van der Waals surface area contributed by atoms with Gasteiger partial charge in [0.2, 0.25) is 11.8 Å². The lowest BCUT2D eigenvalue weighted by molar-refractivity contribution is 0.470. The Labute approximate surface area is 133 Å². The van der Waals surface area contributed by atoms with Gasteiger partial charge in [0.15, 0.2) is 5.16 Å². The monoisotopic (exact) mass is 314 g/mol. The highest BCUT2D eigenvalue weighted by molar-refractivity contribution is 7.98. The first-order valence-corrected chi connectivity index (χ1v) is 8.26. The van der Waals surface area contributed by atoms with E-state index in [9.17, 15) is 0 Å². The Balaban J connectivity index is 1.64. The second-order valence-electron chi connectivity index (χ2n) is 5.01. The highest BCUT2D eigenvalue weighted by Gasteiger charge is 2.10. The predicted octanol–water partition coefficient (Wildman–Crippen LogP) is 3.55. The van der Waals surface area contributed by atoms with Gasteiger partial charge in [-0.05, 0) is 12.5 Å². The van der Waals surface area contributed by atoms with Crippen LogP contribution in [0.25, 0.3) is 0 Å². The van der Waals surface area contributed by atoms with Crippen LogP contribution in [0.3, 0.4) is 0 Å². The molecule has 3 aromatic rings. The largest absolute Gasteiger partial charge is 0.424 e. The Morgan fingerprint density at radius 1 is 1.14 bits per heavy atom. The smallest absolute Gasteiger partial charge is 0.226 e. The number of nitrogens with zero attached hydrogens (tertiary/aromatic N) is 3. The van der Waals surface area contributed by atoms with Crippen LogP contribution >= 0.6 is 11.8 Å². The summed E-state index contributed by atoms with van der Waals surface area (Å²) in [6.07, 6.45) is 1.60. The predicted molar refractivity (Wildman–Crippen MR) is 85.8 cm³/mol.